The summed E-state index contributed by atoms with van der Waals surface area (Å²) in [6.07, 6.45) is 6.13. The third-order valence-corrected chi connectivity index (χ3v) is 8.84. The molecular weight excluding hydrogens is 552 g/mol. The molecule has 4 heterocycles. The number of amides is 3. The fourth-order valence-corrected chi connectivity index (χ4v) is 6.53. The minimum atomic E-state index is -0.740. The second-order valence-corrected chi connectivity index (χ2v) is 11.6. The van der Waals surface area contributed by atoms with Gasteiger partial charge in [0.2, 0.25) is 0 Å². The number of anilines is 1. The van der Waals surface area contributed by atoms with Crippen molar-refractivity contribution in [2.75, 3.05) is 31.5 Å². The first-order valence-corrected chi connectivity index (χ1v) is 14.8. The second kappa shape index (κ2) is 11.8. The zero-order valence-corrected chi connectivity index (χ0v) is 24.4. The van der Waals surface area contributed by atoms with E-state index in [2.05, 4.69) is 20.5 Å². The van der Waals surface area contributed by atoms with Gasteiger partial charge >= 0.3 is 0 Å². The summed E-state index contributed by atoms with van der Waals surface area (Å²) in [6, 6.07) is 8.49. The Labute approximate surface area is 249 Å². The summed E-state index contributed by atoms with van der Waals surface area (Å²) in [5, 5.41) is 5.38. The van der Waals surface area contributed by atoms with E-state index >= 15 is 0 Å². The molecule has 6 rings (SSSR count). The molecule has 8 nitrogen and oxygen atoms in total. The highest BCUT2D eigenvalue weighted by Crippen LogP contribution is 2.35. The van der Waals surface area contributed by atoms with Gasteiger partial charge in [0.1, 0.15) is 11.6 Å². The lowest BCUT2D eigenvalue weighted by molar-refractivity contribution is -0.110. The number of aromatic amines is 1. The average Bonchev–Trinajstić information content (AvgIpc) is 3.77. The molecule has 3 N–H and O–H groups in total. The Balaban J connectivity index is 1.23. The van der Waals surface area contributed by atoms with E-state index in [4.69, 9.17) is 0 Å². The van der Waals surface area contributed by atoms with Crippen LogP contribution in [0.2, 0.25) is 0 Å². The number of hydrogen-bond donors (Lipinski definition) is 3. The van der Waals surface area contributed by atoms with E-state index in [0.717, 1.165) is 62.4 Å². The molecule has 2 fully saturated rings. The molecular formula is C33H35F2N5O3. The molecule has 0 aliphatic carbocycles. The maximum atomic E-state index is 14.0. The third-order valence-electron chi connectivity index (χ3n) is 8.84. The first-order chi connectivity index (χ1) is 20.7. The van der Waals surface area contributed by atoms with Gasteiger partial charge in [-0.1, -0.05) is 6.07 Å². The highest BCUT2D eigenvalue weighted by Gasteiger charge is 2.34. The fourth-order valence-electron chi connectivity index (χ4n) is 6.53. The predicted molar refractivity (Wildman–Crippen MR) is 160 cm³/mol. The molecule has 0 spiro atoms. The average molecular weight is 588 g/mol. The summed E-state index contributed by atoms with van der Waals surface area (Å²) < 4.78 is 28.0. The summed E-state index contributed by atoms with van der Waals surface area (Å²) in [6.45, 7) is 7.27. The number of carbonyl (C=O) groups is 3. The van der Waals surface area contributed by atoms with Crippen molar-refractivity contribution in [1.82, 2.24) is 20.1 Å². The molecule has 0 saturated carbocycles. The van der Waals surface area contributed by atoms with Crippen LogP contribution in [0.3, 0.4) is 0 Å². The number of fused-ring (bicyclic) bond motifs is 1. The number of rotatable bonds is 7. The van der Waals surface area contributed by atoms with Crippen LogP contribution in [0.1, 0.15) is 74.5 Å². The Hall–Kier alpha value is -4.31. The van der Waals surface area contributed by atoms with E-state index in [1.165, 1.54) is 18.9 Å². The van der Waals surface area contributed by atoms with Crippen LogP contribution >= 0.6 is 0 Å². The minimum Gasteiger partial charge on any atom is -0.358 e. The van der Waals surface area contributed by atoms with E-state index in [0.29, 0.717) is 28.1 Å². The molecule has 3 aromatic rings. The van der Waals surface area contributed by atoms with Crippen molar-refractivity contribution in [3.8, 4) is 0 Å². The number of aryl methyl sites for hydroxylation is 1. The third kappa shape index (κ3) is 5.59. The van der Waals surface area contributed by atoms with E-state index in [-0.39, 0.29) is 35.5 Å². The van der Waals surface area contributed by atoms with Crippen molar-refractivity contribution in [3.63, 3.8) is 0 Å². The van der Waals surface area contributed by atoms with Crippen LogP contribution in [-0.4, -0.2) is 64.7 Å². The lowest BCUT2D eigenvalue weighted by Crippen LogP contribution is -2.42. The standard InChI is InChI=1S/C33H35F2N5O3/c1-19-29(37-20(2)30(19)33(43)40-14-6-7-22(40)18-39-12-3-4-13-39)16-24-23-15-21(10-11-28(23)38-32(24)42)31(41)36-17-25-26(34)8-5-9-27(25)35/h5,8-11,15-16,22,37H,3-4,6-7,12-14,17-18H2,1-2H3,(H,36,41)(H,38,42)/b24-16-/t22-/m1/s1. The second-order valence-electron chi connectivity index (χ2n) is 11.6. The van der Waals surface area contributed by atoms with Gasteiger partial charge in [-0.3, -0.25) is 14.4 Å². The number of halogens is 2. The van der Waals surface area contributed by atoms with Gasteiger partial charge in [0, 0.05) is 59.4 Å². The molecule has 0 radical (unpaired) electrons. The largest absolute Gasteiger partial charge is 0.358 e. The smallest absolute Gasteiger partial charge is 0.256 e. The van der Waals surface area contributed by atoms with Gasteiger partial charge in [-0.2, -0.15) is 0 Å². The Morgan fingerprint density at radius 2 is 1.79 bits per heavy atom. The summed E-state index contributed by atoms with van der Waals surface area (Å²) in [5.74, 6) is -2.32. The lowest BCUT2D eigenvalue weighted by atomic mass is 10.0. The van der Waals surface area contributed by atoms with Crippen molar-refractivity contribution in [1.29, 1.82) is 0 Å². The van der Waals surface area contributed by atoms with Gasteiger partial charge in [-0.05, 0) is 94.6 Å². The van der Waals surface area contributed by atoms with Crippen molar-refractivity contribution in [2.45, 2.75) is 52.1 Å². The summed E-state index contributed by atoms with van der Waals surface area (Å²) in [5.41, 5.74) is 4.23. The summed E-state index contributed by atoms with van der Waals surface area (Å²) >= 11 is 0. The van der Waals surface area contributed by atoms with E-state index in [9.17, 15) is 23.2 Å². The summed E-state index contributed by atoms with van der Waals surface area (Å²) in [7, 11) is 0. The first-order valence-electron chi connectivity index (χ1n) is 14.8. The van der Waals surface area contributed by atoms with Crippen LogP contribution in [0, 0.1) is 25.5 Å². The molecule has 1 atom stereocenters. The van der Waals surface area contributed by atoms with Crippen molar-refractivity contribution < 1.29 is 23.2 Å². The SMILES string of the molecule is Cc1[nH]c(/C=C2\C(=O)Nc3ccc(C(=O)NCc4c(F)cccc4F)cc32)c(C)c1C(=O)N1CCC[C@@H]1CN1CCCC1. The summed E-state index contributed by atoms with van der Waals surface area (Å²) in [4.78, 5) is 47.5. The molecule has 2 aromatic carbocycles. The van der Waals surface area contributed by atoms with Crippen LogP contribution in [0.25, 0.3) is 11.6 Å². The number of H-pyrrole nitrogens is 1. The molecule has 3 amide bonds. The van der Waals surface area contributed by atoms with Crippen LogP contribution in [-0.2, 0) is 11.3 Å². The van der Waals surface area contributed by atoms with E-state index in [1.54, 1.807) is 24.3 Å². The van der Waals surface area contributed by atoms with Gasteiger partial charge in [-0.25, -0.2) is 8.78 Å². The van der Waals surface area contributed by atoms with Gasteiger partial charge in [-0.15, -0.1) is 0 Å². The molecule has 43 heavy (non-hydrogen) atoms. The van der Waals surface area contributed by atoms with Crippen molar-refractivity contribution in [3.05, 3.63) is 87.2 Å². The monoisotopic (exact) mass is 587 g/mol. The van der Waals surface area contributed by atoms with E-state index in [1.807, 2.05) is 18.7 Å². The van der Waals surface area contributed by atoms with E-state index < -0.39 is 17.5 Å². The van der Waals surface area contributed by atoms with Crippen molar-refractivity contribution >= 4 is 35.1 Å². The zero-order valence-electron chi connectivity index (χ0n) is 24.4. The highest BCUT2D eigenvalue weighted by molar-refractivity contribution is 6.35. The van der Waals surface area contributed by atoms with Crippen molar-refractivity contribution in [2.24, 2.45) is 0 Å². The lowest BCUT2D eigenvalue weighted by Gasteiger charge is -2.28. The minimum absolute atomic E-state index is 0.0131. The van der Waals surface area contributed by atoms with Gasteiger partial charge < -0.3 is 25.4 Å². The van der Waals surface area contributed by atoms with Gasteiger partial charge in [0.05, 0.1) is 11.1 Å². The first kappa shape index (κ1) is 28.8. The number of carbonyl (C=O) groups excluding carboxylic acids is 3. The molecule has 3 aliphatic heterocycles. The Morgan fingerprint density at radius 1 is 1.05 bits per heavy atom. The maximum Gasteiger partial charge on any atom is 0.256 e. The molecule has 3 aliphatic rings. The predicted octanol–water partition coefficient (Wildman–Crippen LogP) is 5.03. The number of aromatic nitrogens is 1. The van der Waals surface area contributed by atoms with Crippen LogP contribution in [0.5, 0.6) is 0 Å². The maximum absolute atomic E-state index is 14.0. The Morgan fingerprint density at radius 3 is 2.53 bits per heavy atom. The highest BCUT2D eigenvalue weighted by atomic mass is 19.1. The molecule has 0 bridgehead atoms. The Bertz CT molecular complexity index is 1620. The number of nitrogens with zero attached hydrogens (tertiary/aromatic N) is 2. The van der Waals surface area contributed by atoms with Crippen LogP contribution in [0.15, 0.2) is 36.4 Å². The number of likely N-dealkylation sites (tertiary alicyclic amines) is 2. The van der Waals surface area contributed by atoms with Crippen LogP contribution in [0.4, 0.5) is 14.5 Å². The molecule has 10 heteroatoms. The molecule has 224 valence electrons. The van der Waals surface area contributed by atoms with Gasteiger partial charge in [0.25, 0.3) is 17.7 Å². The number of benzene rings is 2. The zero-order chi connectivity index (χ0) is 30.2. The molecule has 0 unspecified atom stereocenters. The topological polar surface area (TPSA) is 97.5 Å². The Kier molecular flexibility index (Phi) is 7.87. The normalized spacial score (nSPS) is 19.3. The fraction of sp³-hybridized carbons (Fsp3) is 0.364. The van der Waals surface area contributed by atoms with Crippen LogP contribution < -0.4 is 10.6 Å². The molecule has 1 aromatic heterocycles. The van der Waals surface area contributed by atoms with Gasteiger partial charge in [0.15, 0.2) is 0 Å². The molecule has 2 saturated heterocycles. The quantitative estimate of drug-likeness (QED) is 0.338. The number of nitrogens with one attached hydrogen (secondary N) is 3. The number of hydrogen-bond acceptors (Lipinski definition) is 4.